The lowest BCUT2D eigenvalue weighted by Crippen LogP contribution is -2.71. The molecule has 2 fully saturated rings. The Morgan fingerprint density at radius 3 is 2.41 bits per heavy atom. The van der Waals surface area contributed by atoms with Gasteiger partial charge in [-0.05, 0) is 44.9 Å². The molecule has 0 bridgehead atoms. The molecule has 238 valence electrons. The average molecular weight is 632 g/mol. The molecule has 13 heteroatoms. The van der Waals surface area contributed by atoms with Gasteiger partial charge in [-0.3, -0.25) is 0 Å². The predicted molar refractivity (Wildman–Crippen MR) is 164 cm³/mol. The summed E-state index contributed by atoms with van der Waals surface area (Å²) < 4.78 is 53.6. The van der Waals surface area contributed by atoms with Crippen LogP contribution in [0.15, 0.2) is 61.2 Å². The number of fused-ring (bicyclic) bond motifs is 1. The molecule has 0 radical (unpaired) electrons. The maximum atomic E-state index is 13.3. The first-order chi connectivity index (χ1) is 21.8. The summed E-state index contributed by atoms with van der Waals surface area (Å²) in [6.07, 6.45) is 2.41. The summed E-state index contributed by atoms with van der Waals surface area (Å²) in [6, 6.07) is 10.9. The van der Waals surface area contributed by atoms with Gasteiger partial charge in [0.2, 0.25) is 0 Å². The Balaban J connectivity index is 1.26. The Hall–Kier alpha value is -4.78. The van der Waals surface area contributed by atoms with Crippen molar-refractivity contribution >= 4 is 22.9 Å². The summed E-state index contributed by atoms with van der Waals surface area (Å²) in [6.45, 7) is 7.58. The zero-order chi connectivity index (χ0) is 32.4. The van der Waals surface area contributed by atoms with E-state index in [1.54, 1.807) is 51.5 Å². The number of anilines is 1. The van der Waals surface area contributed by atoms with Crippen molar-refractivity contribution in [3.05, 3.63) is 78.0 Å². The molecule has 0 unspecified atom stereocenters. The van der Waals surface area contributed by atoms with Gasteiger partial charge >= 0.3 is 12.3 Å². The first-order valence-corrected chi connectivity index (χ1v) is 14.9. The number of pyridine rings is 1. The second kappa shape index (κ2) is 10.6. The highest BCUT2D eigenvalue weighted by molar-refractivity contribution is 5.91. The topological polar surface area (TPSA) is 100 Å². The molecule has 0 amide bonds. The number of benzene rings is 1. The van der Waals surface area contributed by atoms with Crippen molar-refractivity contribution < 1.29 is 27.4 Å². The number of rotatable bonds is 5. The number of hydrogen-bond acceptors (Lipinski definition) is 8. The van der Waals surface area contributed by atoms with Crippen LogP contribution in [0.5, 0.6) is 0 Å². The van der Waals surface area contributed by atoms with E-state index in [1.165, 1.54) is 16.2 Å². The molecule has 1 spiro atoms. The van der Waals surface area contributed by atoms with Crippen LogP contribution >= 0.6 is 0 Å². The van der Waals surface area contributed by atoms with Gasteiger partial charge in [-0.2, -0.15) is 13.2 Å². The van der Waals surface area contributed by atoms with Crippen LogP contribution in [0, 0.1) is 0 Å². The Morgan fingerprint density at radius 1 is 1.04 bits per heavy atom. The van der Waals surface area contributed by atoms with Gasteiger partial charge in [-0.25, -0.2) is 29.3 Å². The lowest BCUT2D eigenvalue weighted by Gasteiger charge is -2.58. The number of ether oxygens (including phenoxy) is 2. The standard InChI is InChI=1S/C33H32F3N7O3/c1-31(2,3)46-30(44)42-16-22(14-20-7-9-21(10-8-20)28-39-25(17-41(28)4)33(34,35)36)26-24(42)15-38-27(40-26)23-6-5-12-37-29(23)43-13-11-32(43)18-45-19-32/h5-10,12,15-17H,11,13-14,18-19H2,1-4H3. The Morgan fingerprint density at radius 2 is 1.80 bits per heavy atom. The van der Waals surface area contributed by atoms with E-state index in [2.05, 4.69) is 14.9 Å². The largest absolute Gasteiger partial charge is 0.443 e. The van der Waals surface area contributed by atoms with Gasteiger partial charge in [0.05, 0.1) is 41.5 Å². The third-order valence-electron chi connectivity index (χ3n) is 8.38. The normalized spacial score (nSPS) is 16.0. The van der Waals surface area contributed by atoms with Crippen molar-refractivity contribution in [2.24, 2.45) is 7.05 Å². The van der Waals surface area contributed by atoms with Gasteiger partial charge in [-0.1, -0.05) is 24.3 Å². The van der Waals surface area contributed by atoms with Gasteiger partial charge < -0.3 is 18.9 Å². The smallest absolute Gasteiger partial charge is 0.434 e. The van der Waals surface area contributed by atoms with E-state index in [0.717, 1.165) is 41.7 Å². The van der Waals surface area contributed by atoms with Crippen LogP contribution in [0.2, 0.25) is 0 Å². The second-order valence-electron chi connectivity index (χ2n) is 12.9. The van der Waals surface area contributed by atoms with Crippen LogP contribution in [0.25, 0.3) is 33.8 Å². The molecule has 0 N–H and O–H groups in total. The Kier molecular flexibility index (Phi) is 6.92. The molecule has 10 nitrogen and oxygen atoms in total. The number of aromatic nitrogens is 6. The van der Waals surface area contributed by atoms with E-state index in [0.29, 0.717) is 42.1 Å². The quantitative estimate of drug-likeness (QED) is 0.224. The van der Waals surface area contributed by atoms with Crippen molar-refractivity contribution in [1.82, 2.24) is 29.1 Å². The van der Waals surface area contributed by atoms with Gasteiger partial charge in [-0.15, -0.1) is 0 Å². The van der Waals surface area contributed by atoms with E-state index in [9.17, 15) is 18.0 Å². The maximum Gasteiger partial charge on any atom is 0.434 e. The number of alkyl halides is 3. The highest BCUT2D eigenvalue weighted by atomic mass is 19.4. The SMILES string of the molecule is Cn1cc(C(F)(F)F)nc1-c1ccc(Cc2cn(C(=O)OC(C)(C)C)c3cnc(-c4cccnc4N4CCC45COC5)nc23)cc1. The molecule has 0 aliphatic carbocycles. The van der Waals surface area contributed by atoms with Crippen molar-refractivity contribution in [2.75, 3.05) is 24.7 Å². The zero-order valence-corrected chi connectivity index (χ0v) is 25.8. The van der Waals surface area contributed by atoms with Crippen molar-refractivity contribution in [3.63, 3.8) is 0 Å². The first-order valence-electron chi connectivity index (χ1n) is 14.9. The molecule has 2 aliphatic heterocycles. The minimum atomic E-state index is -4.53. The molecular formula is C33H32F3N7O3. The molecule has 2 saturated heterocycles. The van der Waals surface area contributed by atoms with E-state index < -0.39 is 23.6 Å². The molecular weight excluding hydrogens is 599 g/mol. The van der Waals surface area contributed by atoms with Crippen molar-refractivity contribution in [3.8, 4) is 22.8 Å². The Labute approximate surface area is 262 Å². The van der Waals surface area contributed by atoms with E-state index in [-0.39, 0.29) is 11.4 Å². The molecule has 5 aromatic rings. The summed E-state index contributed by atoms with van der Waals surface area (Å²) >= 11 is 0. The van der Waals surface area contributed by atoms with Gasteiger partial charge in [0.25, 0.3) is 0 Å². The molecule has 7 rings (SSSR count). The third-order valence-corrected chi connectivity index (χ3v) is 8.38. The number of nitrogens with zero attached hydrogens (tertiary/aromatic N) is 7. The minimum absolute atomic E-state index is 0.0339. The summed E-state index contributed by atoms with van der Waals surface area (Å²) in [5.41, 5.74) is 2.34. The maximum absolute atomic E-state index is 13.3. The van der Waals surface area contributed by atoms with Crippen LogP contribution in [-0.2, 0) is 29.1 Å². The molecule has 4 aromatic heterocycles. The number of halogens is 3. The number of carbonyl (C=O) groups excluding carboxylic acids is 1. The van der Waals surface area contributed by atoms with Crippen molar-refractivity contribution in [1.29, 1.82) is 0 Å². The molecule has 0 atom stereocenters. The van der Waals surface area contributed by atoms with Gasteiger partial charge in [0.1, 0.15) is 17.2 Å². The highest BCUT2D eigenvalue weighted by Crippen LogP contribution is 2.43. The van der Waals surface area contributed by atoms with Crippen LogP contribution in [0.1, 0.15) is 44.0 Å². The van der Waals surface area contributed by atoms with E-state index >= 15 is 0 Å². The predicted octanol–water partition coefficient (Wildman–Crippen LogP) is 6.27. The van der Waals surface area contributed by atoms with E-state index in [1.807, 2.05) is 24.3 Å². The monoisotopic (exact) mass is 631 g/mol. The zero-order valence-electron chi connectivity index (χ0n) is 25.8. The van der Waals surface area contributed by atoms with Gasteiger partial charge in [0, 0.05) is 49.7 Å². The lowest BCUT2D eigenvalue weighted by molar-refractivity contribution is -0.140. The highest BCUT2D eigenvalue weighted by Gasteiger charge is 2.52. The summed E-state index contributed by atoms with van der Waals surface area (Å²) in [5.74, 6) is 1.48. The van der Waals surface area contributed by atoms with Gasteiger partial charge in [0.15, 0.2) is 11.5 Å². The molecule has 46 heavy (non-hydrogen) atoms. The third kappa shape index (κ3) is 5.27. The fourth-order valence-electron chi connectivity index (χ4n) is 5.95. The molecule has 0 saturated carbocycles. The van der Waals surface area contributed by atoms with Crippen molar-refractivity contribution in [2.45, 2.75) is 50.9 Å². The summed E-state index contributed by atoms with van der Waals surface area (Å²) in [7, 11) is 1.53. The van der Waals surface area contributed by atoms with Crippen LogP contribution in [-0.4, -0.2) is 66.1 Å². The van der Waals surface area contributed by atoms with Crippen LogP contribution < -0.4 is 4.90 Å². The molecule has 6 heterocycles. The molecule has 2 aliphatic rings. The number of carbonyl (C=O) groups is 1. The Bertz CT molecular complexity index is 1950. The first kappa shape index (κ1) is 29.9. The number of imidazole rings is 1. The van der Waals surface area contributed by atoms with E-state index in [4.69, 9.17) is 19.4 Å². The fourth-order valence-corrected chi connectivity index (χ4v) is 5.95. The summed E-state index contributed by atoms with van der Waals surface area (Å²) in [4.78, 5) is 33.7. The number of aryl methyl sites for hydroxylation is 1. The average Bonchev–Trinajstić information content (AvgIpc) is 3.52. The fraction of sp³-hybridized carbons (Fsp3) is 0.364. The lowest BCUT2D eigenvalue weighted by atomic mass is 9.82. The second-order valence-corrected chi connectivity index (χ2v) is 12.9. The minimum Gasteiger partial charge on any atom is -0.443 e. The van der Waals surface area contributed by atoms with Crippen LogP contribution in [0.3, 0.4) is 0 Å². The molecule has 1 aromatic carbocycles. The van der Waals surface area contributed by atoms with Crippen LogP contribution in [0.4, 0.5) is 23.8 Å². The number of hydrogen-bond donors (Lipinski definition) is 0. The summed E-state index contributed by atoms with van der Waals surface area (Å²) in [5, 5.41) is 0.